The molecule has 1 aromatic heterocycles. The number of hydrogen-bond acceptors (Lipinski definition) is 3. The summed E-state index contributed by atoms with van der Waals surface area (Å²) < 4.78 is 0. The molecule has 1 atom stereocenters. The van der Waals surface area contributed by atoms with Crippen LogP contribution in [0.4, 0.5) is 0 Å². The van der Waals surface area contributed by atoms with Gasteiger partial charge in [-0.1, -0.05) is 42.0 Å². The lowest BCUT2D eigenvalue weighted by atomic mass is 9.81. The number of aromatic amines is 1. The van der Waals surface area contributed by atoms with Crippen molar-refractivity contribution in [2.45, 2.75) is 46.0 Å². The Labute approximate surface area is 177 Å². The molecule has 4 heteroatoms. The van der Waals surface area contributed by atoms with Gasteiger partial charge in [0.05, 0.1) is 5.57 Å². The van der Waals surface area contributed by atoms with Crippen LogP contribution in [0.5, 0.6) is 0 Å². The van der Waals surface area contributed by atoms with Gasteiger partial charge in [0.2, 0.25) is 0 Å². The molecule has 4 nitrogen and oxygen atoms in total. The maximum atomic E-state index is 12.2. The Morgan fingerprint density at radius 1 is 1.13 bits per heavy atom. The van der Waals surface area contributed by atoms with Gasteiger partial charge < -0.3 is 10.1 Å². The number of hydrogen-bond donors (Lipinski definition) is 2. The van der Waals surface area contributed by atoms with Crippen molar-refractivity contribution in [3.05, 3.63) is 82.2 Å². The zero-order chi connectivity index (χ0) is 21.3. The van der Waals surface area contributed by atoms with Crippen LogP contribution in [0.15, 0.2) is 64.9 Å². The zero-order valence-corrected chi connectivity index (χ0v) is 17.8. The van der Waals surface area contributed by atoms with Gasteiger partial charge in [0.1, 0.15) is 5.76 Å². The van der Waals surface area contributed by atoms with Gasteiger partial charge in [-0.25, -0.2) is 0 Å². The van der Waals surface area contributed by atoms with E-state index in [0.29, 0.717) is 25.0 Å². The summed E-state index contributed by atoms with van der Waals surface area (Å²) in [7, 11) is 0. The minimum atomic E-state index is -0.114. The van der Waals surface area contributed by atoms with Gasteiger partial charge >= 0.3 is 0 Å². The summed E-state index contributed by atoms with van der Waals surface area (Å²) in [5.41, 5.74) is 7.12. The van der Waals surface area contributed by atoms with Crippen molar-refractivity contribution in [1.29, 1.82) is 0 Å². The van der Waals surface area contributed by atoms with Crippen molar-refractivity contribution < 1.29 is 9.90 Å². The number of H-pyrrole nitrogens is 1. The number of aliphatic imine (C=N–C) groups is 1. The lowest BCUT2D eigenvalue weighted by Gasteiger charge is -2.25. The number of aliphatic hydroxyl groups is 1. The van der Waals surface area contributed by atoms with E-state index in [1.807, 2.05) is 18.2 Å². The molecule has 3 aromatic rings. The monoisotopic (exact) mass is 400 g/mol. The molecule has 0 spiro atoms. The molecule has 0 saturated heterocycles. The molecule has 30 heavy (non-hydrogen) atoms. The SMILES string of the molecule is CC(=O)C1=C(O)C[C@@H](c2ccccc2)CC1=NCCc1c(C)[nH]c2ccc(C)cc12. The van der Waals surface area contributed by atoms with E-state index >= 15 is 0 Å². The molecule has 0 bridgehead atoms. The number of aliphatic hydroxyl groups excluding tert-OH is 1. The smallest absolute Gasteiger partial charge is 0.164 e. The van der Waals surface area contributed by atoms with Crippen LogP contribution in [0.1, 0.15) is 48.1 Å². The highest BCUT2D eigenvalue weighted by atomic mass is 16.3. The van der Waals surface area contributed by atoms with Gasteiger partial charge in [-0.3, -0.25) is 9.79 Å². The highest BCUT2D eigenvalue weighted by Gasteiger charge is 2.29. The zero-order valence-electron chi connectivity index (χ0n) is 17.8. The van der Waals surface area contributed by atoms with E-state index in [1.54, 1.807) is 0 Å². The Morgan fingerprint density at radius 3 is 2.63 bits per heavy atom. The molecule has 1 heterocycles. The Balaban J connectivity index is 1.61. The highest BCUT2D eigenvalue weighted by molar-refractivity contribution is 6.22. The first-order chi connectivity index (χ1) is 14.4. The quantitative estimate of drug-likeness (QED) is 0.573. The molecule has 0 amide bonds. The Hall–Kier alpha value is -3.14. The average Bonchev–Trinajstić information content (AvgIpc) is 3.02. The van der Waals surface area contributed by atoms with Crippen molar-refractivity contribution in [2.24, 2.45) is 4.99 Å². The summed E-state index contributed by atoms with van der Waals surface area (Å²) in [6.45, 7) is 6.29. The molecule has 0 fully saturated rings. The summed E-state index contributed by atoms with van der Waals surface area (Å²) in [4.78, 5) is 20.5. The average molecular weight is 401 g/mol. The van der Waals surface area contributed by atoms with Crippen LogP contribution in [0.2, 0.25) is 0 Å². The number of benzene rings is 2. The van der Waals surface area contributed by atoms with Crippen LogP contribution in [-0.4, -0.2) is 28.1 Å². The van der Waals surface area contributed by atoms with E-state index in [1.165, 1.54) is 29.0 Å². The van der Waals surface area contributed by atoms with E-state index in [0.717, 1.165) is 23.3 Å². The van der Waals surface area contributed by atoms with Crippen LogP contribution < -0.4 is 0 Å². The van der Waals surface area contributed by atoms with Crippen LogP contribution >= 0.6 is 0 Å². The second-order valence-electron chi connectivity index (χ2n) is 8.25. The van der Waals surface area contributed by atoms with Gasteiger partial charge in [-0.2, -0.15) is 0 Å². The van der Waals surface area contributed by atoms with E-state index in [9.17, 15) is 9.90 Å². The third-order valence-electron chi connectivity index (χ3n) is 6.02. The maximum Gasteiger partial charge on any atom is 0.164 e. The molecule has 0 aliphatic heterocycles. The van der Waals surface area contributed by atoms with Gasteiger partial charge in [-0.05, 0) is 62.8 Å². The van der Waals surface area contributed by atoms with Gasteiger partial charge in [-0.15, -0.1) is 0 Å². The van der Waals surface area contributed by atoms with Crippen LogP contribution in [0, 0.1) is 13.8 Å². The summed E-state index contributed by atoms with van der Waals surface area (Å²) in [5.74, 6) is 0.197. The molecule has 2 N–H and O–H groups in total. The van der Waals surface area contributed by atoms with Crippen LogP contribution in [-0.2, 0) is 11.2 Å². The molecule has 0 radical (unpaired) electrons. The number of allylic oxidation sites excluding steroid dienone is 2. The fourth-order valence-electron chi connectivity index (χ4n) is 4.54. The second-order valence-corrected chi connectivity index (χ2v) is 8.25. The first-order valence-corrected chi connectivity index (χ1v) is 10.5. The van der Waals surface area contributed by atoms with Crippen molar-refractivity contribution in [3.63, 3.8) is 0 Å². The normalized spacial score (nSPS) is 18.4. The number of aryl methyl sites for hydroxylation is 2. The molecule has 154 valence electrons. The number of rotatable bonds is 5. The Morgan fingerprint density at radius 2 is 1.90 bits per heavy atom. The van der Waals surface area contributed by atoms with E-state index < -0.39 is 0 Å². The predicted octanol–water partition coefficient (Wildman–Crippen LogP) is 5.75. The van der Waals surface area contributed by atoms with Crippen molar-refractivity contribution in [3.8, 4) is 0 Å². The molecule has 0 saturated carbocycles. The Kier molecular flexibility index (Phi) is 5.58. The number of nitrogens with zero attached hydrogens (tertiary/aromatic N) is 1. The number of aromatic nitrogens is 1. The lowest BCUT2D eigenvalue weighted by molar-refractivity contribution is -0.113. The Bertz CT molecular complexity index is 1150. The topological polar surface area (TPSA) is 65.4 Å². The van der Waals surface area contributed by atoms with Gasteiger partial charge in [0.25, 0.3) is 0 Å². The molecular formula is C26H28N2O2. The summed E-state index contributed by atoms with van der Waals surface area (Å²) in [6.07, 6.45) is 1.95. The maximum absolute atomic E-state index is 12.2. The number of nitrogens with one attached hydrogen (secondary N) is 1. The molecule has 1 aliphatic carbocycles. The van der Waals surface area contributed by atoms with Gasteiger partial charge in [0, 0.05) is 35.3 Å². The van der Waals surface area contributed by atoms with Crippen molar-refractivity contribution >= 4 is 22.4 Å². The number of fused-ring (bicyclic) bond motifs is 1. The molecule has 2 aromatic carbocycles. The summed E-state index contributed by atoms with van der Waals surface area (Å²) >= 11 is 0. The summed E-state index contributed by atoms with van der Waals surface area (Å²) in [5, 5.41) is 11.9. The minimum Gasteiger partial charge on any atom is -0.511 e. The number of ketones is 1. The third-order valence-corrected chi connectivity index (χ3v) is 6.02. The first-order valence-electron chi connectivity index (χ1n) is 10.5. The molecular weight excluding hydrogens is 372 g/mol. The fourth-order valence-corrected chi connectivity index (χ4v) is 4.54. The number of carbonyl (C=O) groups excluding carboxylic acids is 1. The minimum absolute atomic E-state index is 0.114. The van der Waals surface area contributed by atoms with E-state index in [2.05, 4.69) is 49.2 Å². The van der Waals surface area contributed by atoms with Gasteiger partial charge in [0.15, 0.2) is 5.78 Å². The first kappa shape index (κ1) is 20.1. The predicted molar refractivity (Wildman–Crippen MR) is 123 cm³/mol. The highest BCUT2D eigenvalue weighted by Crippen LogP contribution is 2.34. The third kappa shape index (κ3) is 3.95. The molecule has 4 rings (SSSR count). The number of Topliss-reactive ketones (excluding diaryl/α,β-unsaturated/α-hetero) is 1. The molecule has 0 unspecified atom stereocenters. The molecule has 1 aliphatic rings. The van der Waals surface area contributed by atoms with Crippen LogP contribution in [0.25, 0.3) is 10.9 Å². The van der Waals surface area contributed by atoms with Crippen molar-refractivity contribution in [1.82, 2.24) is 4.98 Å². The van der Waals surface area contributed by atoms with E-state index in [-0.39, 0.29) is 17.5 Å². The van der Waals surface area contributed by atoms with E-state index in [4.69, 9.17) is 4.99 Å². The van der Waals surface area contributed by atoms with Crippen LogP contribution in [0.3, 0.4) is 0 Å². The standard InChI is InChI=1S/C26H28N2O2/c1-16-9-10-23-22(13-16)21(17(2)28-23)11-12-27-24-14-20(19-7-5-4-6-8-19)15-25(30)26(24)18(3)29/h4-10,13,20,28,30H,11-12,14-15H2,1-3H3/t20-/m0/s1. The second kappa shape index (κ2) is 8.31. The lowest BCUT2D eigenvalue weighted by Crippen LogP contribution is -2.23. The number of carbonyl (C=O) groups is 1. The largest absolute Gasteiger partial charge is 0.511 e. The summed E-state index contributed by atoms with van der Waals surface area (Å²) in [6, 6.07) is 16.6. The fraction of sp³-hybridized carbons (Fsp3) is 0.308. The van der Waals surface area contributed by atoms with Crippen molar-refractivity contribution in [2.75, 3.05) is 6.54 Å².